The predicted octanol–water partition coefficient (Wildman–Crippen LogP) is 7.64. The predicted molar refractivity (Wildman–Crippen MR) is 118 cm³/mol. The summed E-state index contributed by atoms with van der Waals surface area (Å²) < 4.78 is 0. The lowest BCUT2D eigenvalue weighted by atomic mass is 9.83. The summed E-state index contributed by atoms with van der Waals surface area (Å²) in [5, 5.41) is 5.31. The highest BCUT2D eigenvalue weighted by Gasteiger charge is 2.17. The zero-order chi connectivity index (χ0) is 18.2. The van der Waals surface area contributed by atoms with Gasteiger partial charge in [-0.15, -0.1) is 0 Å². The molecule has 130 valence electrons. The van der Waals surface area contributed by atoms with E-state index in [-0.39, 0.29) is 0 Å². The molecule has 0 N–H and O–H groups in total. The van der Waals surface area contributed by atoms with Crippen LogP contribution in [0.15, 0.2) is 97.1 Å². The molecule has 4 aromatic rings. The molecule has 5 rings (SSSR count). The van der Waals surface area contributed by atoms with Crippen LogP contribution in [0.1, 0.15) is 18.9 Å². The largest absolute Gasteiger partial charge is 0.0834 e. The van der Waals surface area contributed by atoms with Crippen LogP contribution in [0.5, 0.6) is 0 Å². The van der Waals surface area contributed by atoms with E-state index in [4.69, 9.17) is 0 Å². The van der Waals surface area contributed by atoms with Gasteiger partial charge in [0.2, 0.25) is 0 Å². The van der Waals surface area contributed by atoms with Gasteiger partial charge in [-0.3, -0.25) is 0 Å². The van der Waals surface area contributed by atoms with Crippen LogP contribution in [0.4, 0.5) is 0 Å². The van der Waals surface area contributed by atoms with Crippen LogP contribution in [0.25, 0.3) is 38.2 Å². The van der Waals surface area contributed by atoms with E-state index in [1.807, 2.05) is 0 Å². The molecule has 0 saturated heterocycles. The first kappa shape index (κ1) is 16.1. The zero-order valence-electron chi connectivity index (χ0n) is 15.5. The van der Waals surface area contributed by atoms with Gasteiger partial charge in [0.15, 0.2) is 0 Å². The fourth-order valence-corrected chi connectivity index (χ4v) is 4.36. The minimum absolute atomic E-state index is 0.580. The van der Waals surface area contributed by atoms with Gasteiger partial charge in [-0.25, -0.2) is 0 Å². The molecule has 1 aliphatic rings. The lowest BCUT2D eigenvalue weighted by Gasteiger charge is -2.20. The standard InChI is InChI=1S/C27H22/c1-19-10-9-13-21(18-19)27-24-16-7-5-14-22(24)26(20-11-3-2-4-12-20)23-15-6-8-17-25(23)27/h2-9,11-19H,10H2,1H3. The van der Waals surface area contributed by atoms with Gasteiger partial charge >= 0.3 is 0 Å². The van der Waals surface area contributed by atoms with E-state index in [9.17, 15) is 0 Å². The van der Waals surface area contributed by atoms with Crippen molar-refractivity contribution in [3.05, 3.63) is 103 Å². The van der Waals surface area contributed by atoms with E-state index in [1.54, 1.807) is 0 Å². The van der Waals surface area contributed by atoms with E-state index in [2.05, 4.69) is 104 Å². The molecule has 0 amide bonds. The van der Waals surface area contributed by atoms with Crippen molar-refractivity contribution in [1.82, 2.24) is 0 Å². The minimum Gasteiger partial charge on any atom is -0.0834 e. The molecule has 0 spiro atoms. The Morgan fingerprint density at radius 2 is 1.15 bits per heavy atom. The number of hydrogen-bond donors (Lipinski definition) is 0. The molecule has 0 radical (unpaired) electrons. The lowest BCUT2D eigenvalue weighted by molar-refractivity contribution is 0.740. The molecule has 0 heterocycles. The summed E-state index contributed by atoms with van der Waals surface area (Å²) in [6.07, 6.45) is 8.17. The second-order valence-electron chi connectivity index (χ2n) is 7.44. The van der Waals surface area contributed by atoms with Gasteiger partial charge in [-0.2, -0.15) is 0 Å². The Balaban J connectivity index is 1.97. The summed E-state index contributed by atoms with van der Waals surface area (Å²) in [5.74, 6) is 0.580. The van der Waals surface area contributed by atoms with E-state index in [0.29, 0.717) is 5.92 Å². The third-order valence-electron chi connectivity index (χ3n) is 5.55. The molecule has 0 saturated carbocycles. The molecule has 0 heteroatoms. The van der Waals surface area contributed by atoms with Crippen molar-refractivity contribution >= 4 is 27.1 Å². The van der Waals surface area contributed by atoms with Crippen LogP contribution < -0.4 is 0 Å². The summed E-state index contributed by atoms with van der Waals surface area (Å²) in [5.41, 5.74) is 5.32. The number of fused-ring (bicyclic) bond motifs is 2. The average molecular weight is 346 g/mol. The van der Waals surface area contributed by atoms with E-state index in [0.717, 1.165) is 6.42 Å². The summed E-state index contributed by atoms with van der Waals surface area (Å²) in [6, 6.07) is 28.5. The molecule has 1 aliphatic carbocycles. The fourth-order valence-electron chi connectivity index (χ4n) is 4.36. The third kappa shape index (κ3) is 2.69. The highest BCUT2D eigenvalue weighted by Crippen LogP contribution is 2.42. The molecule has 0 fully saturated rings. The molecule has 0 aromatic heterocycles. The van der Waals surface area contributed by atoms with E-state index in [1.165, 1.54) is 43.8 Å². The number of rotatable bonds is 2. The maximum atomic E-state index is 2.43. The van der Waals surface area contributed by atoms with Crippen LogP contribution >= 0.6 is 0 Å². The highest BCUT2D eigenvalue weighted by atomic mass is 14.2. The summed E-state index contributed by atoms with van der Waals surface area (Å²) in [4.78, 5) is 0. The fraction of sp³-hybridized carbons (Fsp3) is 0.111. The Kier molecular flexibility index (Phi) is 3.90. The summed E-state index contributed by atoms with van der Waals surface area (Å²) >= 11 is 0. The Bertz CT molecular complexity index is 1140. The van der Waals surface area contributed by atoms with E-state index < -0.39 is 0 Å². The molecule has 0 bridgehead atoms. The SMILES string of the molecule is CC1C=C(c2c3ccccc3c(-c3ccccc3)c3ccccc23)C=CC1. The van der Waals surface area contributed by atoms with Gasteiger partial charge < -0.3 is 0 Å². The summed E-state index contributed by atoms with van der Waals surface area (Å²) in [6.45, 7) is 2.30. The molecule has 1 atom stereocenters. The van der Waals surface area contributed by atoms with Crippen molar-refractivity contribution in [3.8, 4) is 11.1 Å². The van der Waals surface area contributed by atoms with Gasteiger partial charge in [0.25, 0.3) is 0 Å². The number of benzene rings is 4. The second-order valence-corrected chi connectivity index (χ2v) is 7.44. The quantitative estimate of drug-likeness (QED) is 0.327. The van der Waals surface area contributed by atoms with Crippen molar-refractivity contribution in [2.45, 2.75) is 13.3 Å². The molecular formula is C27H22. The first-order chi connectivity index (χ1) is 13.3. The maximum absolute atomic E-state index is 2.43. The Hall–Kier alpha value is -3.12. The van der Waals surface area contributed by atoms with Gasteiger partial charge in [0.1, 0.15) is 0 Å². The van der Waals surface area contributed by atoms with Crippen molar-refractivity contribution in [2.24, 2.45) is 5.92 Å². The molecule has 1 unspecified atom stereocenters. The van der Waals surface area contributed by atoms with E-state index >= 15 is 0 Å². The van der Waals surface area contributed by atoms with Gasteiger partial charge in [-0.05, 0) is 56.1 Å². The molecule has 0 nitrogen and oxygen atoms in total. The van der Waals surface area contributed by atoms with Gasteiger partial charge in [0, 0.05) is 0 Å². The number of allylic oxidation sites excluding steroid dienone is 4. The normalized spacial score (nSPS) is 16.6. The Labute approximate surface area is 160 Å². The maximum Gasteiger partial charge on any atom is -0.00264 e. The lowest BCUT2D eigenvalue weighted by Crippen LogP contribution is -1.98. The third-order valence-corrected chi connectivity index (χ3v) is 5.55. The topological polar surface area (TPSA) is 0 Å². The average Bonchev–Trinajstić information content (AvgIpc) is 2.72. The second kappa shape index (κ2) is 6.55. The minimum atomic E-state index is 0.580. The molecule has 0 aliphatic heterocycles. The van der Waals surface area contributed by atoms with Crippen LogP contribution in [0.3, 0.4) is 0 Å². The Morgan fingerprint density at radius 1 is 0.630 bits per heavy atom. The molecular weight excluding hydrogens is 324 g/mol. The number of hydrogen-bond acceptors (Lipinski definition) is 0. The highest BCUT2D eigenvalue weighted by molar-refractivity contribution is 6.19. The first-order valence-electron chi connectivity index (χ1n) is 9.70. The van der Waals surface area contributed by atoms with Gasteiger partial charge in [-0.1, -0.05) is 104 Å². The molecule has 27 heavy (non-hydrogen) atoms. The van der Waals surface area contributed by atoms with Crippen LogP contribution in [0, 0.1) is 5.92 Å². The summed E-state index contributed by atoms with van der Waals surface area (Å²) in [7, 11) is 0. The van der Waals surface area contributed by atoms with Crippen molar-refractivity contribution in [3.63, 3.8) is 0 Å². The van der Waals surface area contributed by atoms with Crippen molar-refractivity contribution in [2.75, 3.05) is 0 Å². The molecule has 4 aromatic carbocycles. The smallest absolute Gasteiger partial charge is 0.00264 e. The van der Waals surface area contributed by atoms with Crippen molar-refractivity contribution in [1.29, 1.82) is 0 Å². The van der Waals surface area contributed by atoms with Crippen LogP contribution in [0.2, 0.25) is 0 Å². The van der Waals surface area contributed by atoms with Gasteiger partial charge in [0.05, 0.1) is 0 Å². The van der Waals surface area contributed by atoms with Crippen LogP contribution in [-0.2, 0) is 0 Å². The zero-order valence-corrected chi connectivity index (χ0v) is 15.5. The van der Waals surface area contributed by atoms with Crippen LogP contribution in [-0.4, -0.2) is 0 Å². The van der Waals surface area contributed by atoms with Crippen molar-refractivity contribution < 1.29 is 0 Å². The monoisotopic (exact) mass is 346 g/mol. The Morgan fingerprint density at radius 3 is 1.70 bits per heavy atom. The first-order valence-corrected chi connectivity index (χ1v) is 9.70.